The van der Waals surface area contributed by atoms with Crippen molar-refractivity contribution in [1.82, 2.24) is 35.0 Å². The number of aromatic amines is 1. The fourth-order valence-electron chi connectivity index (χ4n) is 8.02. The Hall–Kier alpha value is -3.90. The highest BCUT2D eigenvalue weighted by molar-refractivity contribution is 5.97. The monoisotopic (exact) mass is 682 g/mol. The standard InChI is InChI=1S/C39H51FN8O2/c1-25(2)16-30-22-48(23-36(30)49)39(50)45-34-18-31(40)17-32(26(34)3)37-33-19-35(44-38(33)43-24-42-37)29-6-4-27(5-7-29)20-46-12-14-47(15-13-46)21-28-8-10-41-11-9-28/h4-7,17-19,24-25,28,30,36,41,49H,8-16,20-23H2,1-3H3,(H,45,50)(H,42,43,44)/t30-,36-/m1/s1. The second-order valence-electron chi connectivity index (χ2n) is 15.1. The van der Waals surface area contributed by atoms with Gasteiger partial charge >= 0.3 is 6.03 Å². The summed E-state index contributed by atoms with van der Waals surface area (Å²) in [5, 5.41) is 17.7. The van der Waals surface area contributed by atoms with Crippen LogP contribution in [0.4, 0.5) is 14.9 Å². The van der Waals surface area contributed by atoms with Gasteiger partial charge in [0.25, 0.3) is 0 Å². The molecule has 0 unspecified atom stereocenters. The average Bonchev–Trinajstić information content (AvgIpc) is 3.71. The Kier molecular flexibility index (Phi) is 10.5. The van der Waals surface area contributed by atoms with Crippen LogP contribution < -0.4 is 10.6 Å². The van der Waals surface area contributed by atoms with Crippen LogP contribution in [0.1, 0.15) is 44.2 Å². The van der Waals surface area contributed by atoms with E-state index < -0.39 is 11.9 Å². The highest BCUT2D eigenvalue weighted by atomic mass is 19.1. The van der Waals surface area contributed by atoms with Gasteiger partial charge in [0.15, 0.2) is 0 Å². The predicted octanol–water partition coefficient (Wildman–Crippen LogP) is 5.73. The van der Waals surface area contributed by atoms with Gasteiger partial charge in [-0.2, -0.15) is 0 Å². The molecule has 2 aromatic carbocycles. The summed E-state index contributed by atoms with van der Waals surface area (Å²) >= 11 is 0. The number of piperidine rings is 1. The lowest BCUT2D eigenvalue weighted by Crippen LogP contribution is -2.48. The number of β-amino-alcohol motifs (C(OH)–C–C–N with tert-alkyl or cyclic N) is 1. The van der Waals surface area contributed by atoms with Crippen LogP contribution in [0.3, 0.4) is 0 Å². The van der Waals surface area contributed by atoms with Crippen molar-refractivity contribution in [3.63, 3.8) is 0 Å². The van der Waals surface area contributed by atoms with Crippen molar-refractivity contribution in [1.29, 1.82) is 0 Å². The zero-order valence-corrected chi connectivity index (χ0v) is 29.6. The van der Waals surface area contributed by atoms with Gasteiger partial charge in [0.1, 0.15) is 17.8 Å². The van der Waals surface area contributed by atoms with Crippen LogP contribution in [0.5, 0.6) is 0 Å². The first-order chi connectivity index (χ1) is 24.2. The Bertz CT molecular complexity index is 1780. The number of anilines is 1. The Morgan fingerprint density at radius 3 is 2.50 bits per heavy atom. The molecule has 0 aliphatic carbocycles. The quantitative estimate of drug-likeness (QED) is 0.179. The summed E-state index contributed by atoms with van der Waals surface area (Å²) in [6, 6.07) is 13.2. The lowest BCUT2D eigenvalue weighted by atomic mass is 9.95. The fraction of sp³-hybridized carbons (Fsp3) is 0.513. The molecule has 2 atom stereocenters. The summed E-state index contributed by atoms with van der Waals surface area (Å²) in [5.41, 5.74) is 6.17. The Morgan fingerprint density at radius 1 is 1.02 bits per heavy atom. The molecule has 266 valence electrons. The second kappa shape index (κ2) is 15.1. The van der Waals surface area contributed by atoms with Gasteiger partial charge in [-0.15, -0.1) is 0 Å². The maximum Gasteiger partial charge on any atom is 0.321 e. The molecule has 3 aliphatic rings. The molecule has 0 spiro atoms. The molecular formula is C39H51FN8O2. The van der Waals surface area contributed by atoms with E-state index in [1.54, 1.807) is 4.90 Å². The minimum absolute atomic E-state index is 0.0354. The van der Waals surface area contributed by atoms with E-state index in [2.05, 4.69) is 73.5 Å². The normalized spacial score (nSPS) is 21.0. The van der Waals surface area contributed by atoms with E-state index in [-0.39, 0.29) is 18.5 Å². The highest BCUT2D eigenvalue weighted by Gasteiger charge is 2.34. The summed E-state index contributed by atoms with van der Waals surface area (Å²) in [7, 11) is 0. The van der Waals surface area contributed by atoms with Crippen molar-refractivity contribution >= 4 is 22.8 Å². The average molecular weight is 683 g/mol. The topological polar surface area (TPSA) is 113 Å². The van der Waals surface area contributed by atoms with Crippen LogP contribution in [-0.2, 0) is 6.54 Å². The zero-order chi connectivity index (χ0) is 34.8. The summed E-state index contributed by atoms with van der Waals surface area (Å²) in [6.07, 6.45) is 4.36. The molecule has 5 heterocycles. The summed E-state index contributed by atoms with van der Waals surface area (Å²) in [6.45, 7) is 15.8. The van der Waals surface area contributed by atoms with Crippen LogP contribution in [-0.4, -0.2) is 106 Å². The maximum atomic E-state index is 15.1. The first-order valence-electron chi connectivity index (χ1n) is 18.3. The molecule has 11 heteroatoms. The Labute approximate surface area is 294 Å². The van der Waals surface area contributed by atoms with E-state index in [0.29, 0.717) is 40.6 Å². The van der Waals surface area contributed by atoms with Gasteiger partial charge in [-0.3, -0.25) is 4.90 Å². The largest absolute Gasteiger partial charge is 0.391 e. The predicted molar refractivity (Wildman–Crippen MR) is 196 cm³/mol. The van der Waals surface area contributed by atoms with Gasteiger partial charge < -0.3 is 30.5 Å². The van der Waals surface area contributed by atoms with Crippen LogP contribution >= 0.6 is 0 Å². The number of hydrogen-bond donors (Lipinski definition) is 4. The van der Waals surface area contributed by atoms with Crippen molar-refractivity contribution < 1.29 is 14.3 Å². The van der Waals surface area contributed by atoms with Crippen LogP contribution in [0.15, 0.2) is 48.8 Å². The van der Waals surface area contributed by atoms with Crippen molar-refractivity contribution in [2.75, 3.05) is 64.2 Å². The SMILES string of the molecule is Cc1c(NC(=O)N2C[C@@H](CC(C)C)[C@H](O)C2)cc(F)cc1-c1ncnc2[nH]c(-c3ccc(CN4CCN(CC5CCNCC5)CC4)cc3)cc12. The zero-order valence-electron chi connectivity index (χ0n) is 29.6. The molecule has 2 aromatic heterocycles. The molecular weight excluding hydrogens is 631 g/mol. The molecule has 3 fully saturated rings. The third-order valence-electron chi connectivity index (χ3n) is 10.9. The number of benzene rings is 2. The van der Waals surface area contributed by atoms with Crippen molar-refractivity contribution in [2.24, 2.45) is 17.8 Å². The van der Waals surface area contributed by atoms with Crippen LogP contribution in [0, 0.1) is 30.5 Å². The minimum atomic E-state index is -0.560. The number of fused-ring (bicyclic) bond motifs is 1. The number of carbonyl (C=O) groups is 1. The number of nitrogens with zero attached hydrogens (tertiary/aromatic N) is 5. The van der Waals surface area contributed by atoms with E-state index in [1.165, 1.54) is 43.4 Å². The number of H-pyrrole nitrogens is 1. The minimum Gasteiger partial charge on any atom is -0.391 e. The molecule has 2 amide bonds. The number of aliphatic hydroxyl groups excluding tert-OH is 1. The van der Waals surface area contributed by atoms with Crippen LogP contribution in [0.25, 0.3) is 33.5 Å². The molecule has 50 heavy (non-hydrogen) atoms. The van der Waals surface area contributed by atoms with E-state index in [0.717, 1.165) is 74.8 Å². The molecule has 3 saturated heterocycles. The number of piperazine rings is 1. The maximum absolute atomic E-state index is 15.1. The van der Waals surface area contributed by atoms with Gasteiger partial charge in [0.05, 0.1) is 11.8 Å². The van der Waals surface area contributed by atoms with Gasteiger partial charge in [-0.05, 0) is 86.0 Å². The number of amides is 2. The third-order valence-corrected chi connectivity index (χ3v) is 10.9. The number of rotatable bonds is 9. The van der Waals surface area contributed by atoms with Gasteiger partial charge in [0.2, 0.25) is 0 Å². The van der Waals surface area contributed by atoms with E-state index in [4.69, 9.17) is 0 Å². The second-order valence-corrected chi connectivity index (χ2v) is 15.1. The molecule has 4 aromatic rings. The van der Waals surface area contributed by atoms with Crippen molar-refractivity contribution in [3.05, 3.63) is 65.7 Å². The number of aromatic nitrogens is 3. The van der Waals surface area contributed by atoms with Crippen molar-refractivity contribution in [3.8, 4) is 22.5 Å². The lowest BCUT2D eigenvalue weighted by Gasteiger charge is -2.37. The van der Waals surface area contributed by atoms with E-state index in [9.17, 15) is 9.90 Å². The van der Waals surface area contributed by atoms with Crippen LogP contribution in [0.2, 0.25) is 0 Å². The van der Waals surface area contributed by atoms with E-state index >= 15 is 4.39 Å². The number of nitrogens with one attached hydrogen (secondary N) is 3. The van der Waals surface area contributed by atoms with Gasteiger partial charge in [-0.1, -0.05) is 38.1 Å². The third kappa shape index (κ3) is 7.86. The van der Waals surface area contributed by atoms with Gasteiger partial charge in [-0.25, -0.2) is 19.2 Å². The molecule has 0 saturated carbocycles. The first kappa shape index (κ1) is 34.5. The summed E-state index contributed by atoms with van der Waals surface area (Å²) in [5.74, 6) is 0.827. The number of halogens is 1. The fourth-order valence-corrected chi connectivity index (χ4v) is 8.02. The number of urea groups is 1. The summed E-state index contributed by atoms with van der Waals surface area (Å²) in [4.78, 5) is 32.6. The highest BCUT2D eigenvalue weighted by Crippen LogP contribution is 2.35. The molecule has 3 aliphatic heterocycles. The van der Waals surface area contributed by atoms with Gasteiger partial charge in [0, 0.05) is 80.6 Å². The number of carbonyl (C=O) groups excluding carboxylic acids is 1. The Balaban J connectivity index is 1.02. The summed E-state index contributed by atoms with van der Waals surface area (Å²) < 4.78 is 15.1. The molecule has 4 N–H and O–H groups in total. The molecule has 0 bridgehead atoms. The molecule has 7 rings (SSSR count). The smallest absolute Gasteiger partial charge is 0.321 e. The van der Waals surface area contributed by atoms with E-state index in [1.807, 2.05) is 13.0 Å². The number of aliphatic hydroxyl groups is 1. The van der Waals surface area contributed by atoms with Crippen molar-refractivity contribution in [2.45, 2.75) is 52.7 Å². The number of hydrogen-bond acceptors (Lipinski definition) is 7. The molecule has 10 nitrogen and oxygen atoms in total. The molecule has 0 radical (unpaired) electrons. The number of likely N-dealkylation sites (tertiary alicyclic amines) is 1. The lowest BCUT2D eigenvalue weighted by molar-refractivity contribution is 0.107. The Morgan fingerprint density at radius 2 is 1.76 bits per heavy atom. The first-order valence-corrected chi connectivity index (χ1v) is 18.3.